The summed E-state index contributed by atoms with van der Waals surface area (Å²) in [6, 6.07) is 6.12. The first-order chi connectivity index (χ1) is 8.99. The predicted octanol–water partition coefficient (Wildman–Crippen LogP) is 1.03. The molecule has 0 amide bonds. The van der Waals surface area contributed by atoms with Gasteiger partial charge in [0, 0.05) is 32.2 Å². The highest BCUT2D eigenvalue weighted by molar-refractivity contribution is 14.0. The molecule has 1 rings (SSSR count). The molecule has 0 aliphatic heterocycles. The summed E-state index contributed by atoms with van der Waals surface area (Å²) < 4.78 is 26.3. The van der Waals surface area contributed by atoms with E-state index in [2.05, 4.69) is 20.3 Å². The molecular formula is C11H18ClIN4O2S. The van der Waals surface area contributed by atoms with Crippen molar-refractivity contribution in [2.24, 2.45) is 4.99 Å². The van der Waals surface area contributed by atoms with Crippen LogP contribution in [-0.2, 0) is 10.0 Å². The Hall–Kier alpha value is -0.580. The molecule has 20 heavy (non-hydrogen) atoms. The van der Waals surface area contributed by atoms with Crippen LogP contribution in [0, 0.1) is 0 Å². The van der Waals surface area contributed by atoms with Crippen LogP contribution in [-0.4, -0.2) is 41.6 Å². The van der Waals surface area contributed by atoms with Gasteiger partial charge in [-0.3, -0.25) is 4.99 Å². The maximum absolute atomic E-state index is 11.9. The standard InChI is InChI=1S/C11H17ClN4O2S.HI/c1-13-11(14-2)15-6-7-16-19(17,18)10-5-3-4-9(12)8-10;/h3-5,8,16H,6-7H2,1-2H3,(H2,13,14,15);1H. The minimum Gasteiger partial charge on any atom is -0.359 e. The minimum atomic E-state index is -3.53. The van der Waals surface area contributed by atoms with E-state index in [0.717, 1.165) is 0 Å². The van der Waals surface area contributed by atoms with E-state index >= 15 is 0 Å². The first kappa shape index (κ1) is 19.4. The maximum atomic E-state index is 11.9. The summed E-state index contributed by atoms with van der Waals surface area (Å²) in [5, 5.41) is 6.16. The largest absolute Gasteiger partial charge is 0.359 e. The van der Waals surface area contributed by atoms with E-state index in [0.29, 0.717) is 17.5 Å². The summed E-state index contributed by atoms with van der Waals surface area (Å²) in [5.41, 5.74) is 0. The molecule has 6 nitrogen and oxygen atoms in total. The van der Waals surface area contributed by atoms with Gasteiger partial charge in [-0.2, -0.15) is 0 Å². The number of sulfonamides is 1. The second kappa shape index (κ2) is 9.37. The monoisotopic (exact) mass is 432 g/mol. The van der Waals surface area contributed by atoms with E-state index in [1.807, 2.05) is 0 Å². The second-order valence-electron chi connectivity index (χ2n) is 3.60. The lowest BCUT2D eigenvalue weighted by Crippen LogP contribution is -2.39. The van der Waals surface area contributed by atoms with Gasteiger partial charge in [-0.1, -0.05) is 17.7 Å². The number of nitrogens with one attached hydrogen (secondary N) is 3. The normalized spacial score (nSPS) is 11.7. The summed E-state index contributed by atoms with van der Waals surface area (Å²) in [7, 11) is -0.167. The van der Waals surface area contributed by atoms with Crippen LogP contribution in [0.3, 0.4) is 0 Å². The zero-order valence-electron chi connectivity index (χ0n) is 11.2. The SMILES string of the molecule is CN=C(NC)NCCNS(=O)(=O)c1cccc(Cl)c1.I. The Balaban J connectivity index is 0.00000361. The molecule has 0 aliphatic carbocycles. The molecule has 0 saturated carbocycles. The van der Waals surface area contributed by atoms with E-state index in [9.17, 15) is 8.42 Å². The number of rotatable bonds is 5. The van der Waals surface area contributed by atoms with Crippen molar-refractivity contribution in [3.8, 4) is 0 Å². The van der Waals surface area contributed by atoms with Crippen LogP contribution in [0.25, 0.3) is 0 Å². The number of hydrogen-bond acceptors (Lipinski definition) is 3. The van der Waals surface area contributed by atoms with Crippen LogP contribution < -0.4 is 15.4 Å². The predicted molar refractivity (Wildman–Crippen MR) is 92.5 cm³/mol. The van der Waals surface area contributed by atoms with Crippen molar-refractivity contribution in [2.75, 3.05) is 27.2 Å². The van der Waals surface area contributed by atoms with Crippen molar-refractivity contribution in [1.29, 1.82) is 0 Å². The zero-order chi connectivity index (χ0) is 14.3. The van der Waals surface area contributed by atoms with E-state index in [4.69, 9.17) is 11.6 Å². The lowest BCUT2D eigenvalue weighted by Gasteiger charge is -2.10. The van der Waals surface area contributed by atoms with E-state index < -0.39 is 10.0 Å². The molecule has 0 unspecified atom stereocenters. The summed E-state index contributed by atoms with van der Waals surface area (Å²) in [6.07, 6.45) is 0. The Morgan fingerprint density at radius 2 is 2.05 bits per heavy atom. The fourth-order valence-corrected chi connectivity index (χ4v) is 2.70. The number of guanidine groups is 1. The molecule has 0 fully saturated rings. The molecule has 114 valence electrons. The first-order valence-corrected chi connectivity index (χ1v) is 7.49. The number of nitrogens with zero attached hydrogens (tertiary/aromatic N) is 1. The molecule has 0 radical (unpaired) electrons. The van der Waals surface area contributed by atoms with Gasteiger partial charge in [-0.25, -0.2) is 13.1 Å². The molecular weight excluding hydrogens is 415 g/mol. The summed E-state index contributed by atoms with van der Waals surface area (Å²) >= 11 is 5.76. The molecule has 1 aromatic rings. The molecule has 1 aromatic carbocycles. The molecule has 0 atom stereocenters. The number of aliphatic imine (C=N–C) groups is 1. The Morgan fingerprint density at radius 1 is 1.35 bits per heavy atom. The van der Waals surface area contributed by atoms with Crippen LogP contribution in [0.15, 0.2) is 34.2 Å². The average Bonchev–Trinajstić information content (AvgIpc) is 2.39. The highest BCUT2D eigenvalue weighted by Gasteiger charge is 2.13. The smallest absolute Gasteiger partial charge is 0.240 e. The molecule has 3 N–H and O–H groups in total. The van der Waals surface area contributed by atoms with Crippen molar-refractivity contribution in [2.45, 2.75) is 4.90 Å². The number of hydrogen-bond donors (Lipinski definition) is 3. The molecule has 0 heterocycles. The Kier molecular flexibility index (Phi) is 9.10. The quantitative estimate of drug-likeness (QED) is 0.281. The van der Waals surface area contributed by atoms with E-state index in [1.165, 1.54) is 12.1 Å². The van der Waals surface area contributed by atoms with Crippen LogP contribution >= 0.6 is 35.6 Å². The van der Waals surface area contributed by atoms with Crippen molar-refractivity contribution >= 4 is 51.6 Å². The third kappa shape index (κ3) is 6.25. The minimum absolute atomic E-state index is 0. The van der Waals surface area contributed by atoms with Crippen LogP contribution in [0.1, 0.15) is 0 Å². The van der Waals surface area contributed by atoms with Gasteiger partial charge in [0.25, 0.3) is 0 Å². The summed E-state index contributed by atoms with van der Waals surface area (Å²) in [4.78, 5) is 4.06. The molecule has 0 saturated heterocycles. The van der Waals surface area contributed by atoms with Gasteiger partial charge >= 0.3 is 0 Å². The van der Waals surface area contributed by atoms with Gasteiger partial charge in [0.15, 0.2) is 5.96 Å². The van der Waals surface area contributed by atoms with Crippen molar-refractivity contribution in [1.82, 2.24) is 15.4 Å². The lowest BCUT2D eigenvalue weighted by molar-refractivity contribution is 0.580. The fourth-order valence-electron chi connectivity index (χ4n) is 1.36. The van der Waals surface area contributed by atoms with Crippen molar-refractivity contribution < 1.29 is 8.42 Å². The maximum Gasteiger partial charge on any atom is 0.240 e. The van der Waals surface area contributed by atoms with Crippen molar-refractivity contribution in [3.05, 3.63) is 29.3 Å². The Morgan fingerprint density at radius 3 is 2.60 bits per heavy atom. The number of benzene rings is 1. The molecule has 0 aromatic heterocycles. The summed E-state index contributed by atoms with van der Waals surface area (Å²) in [5.74, 6) is 0.599. The topological polar surface area (TPSA) is 82.6 Å². The number of halogens is 2. The van der Waals surface area contributed by atoms with Crippen LogP contribution in [0.4, 0.5) is 0 Å². The third-order valence-electron chi connectivity index (χ3n) is 2.28. The molecule has 0 spiro atoms. The van der Waals surface area contributed by atoms with Gasteiger partial charge < -0.3 is 10.6 Å². The van der Waals surface area contributed by atoms with Gasteiger partial charge in [0.1, 0.15) is 0 Å². The lowest BCUT2D eigenvalue weighted by atomic mass is 10.4. The Labute approximate surface area is 141 Å². The van der Waals surface area contributed by atoms with E-state index in [1.54, 1.807) is 26.2 Å². The second-order valence-corrected chi connectivity index (χ2v) is 5.81. The van der Waals surface area contributed by atoms with E-state index in [-0.39, 0.29) is 35.4 Å². The first-order valence-electron chi connectivity index (χ1n) is 5.63. The van der Waals surface area contributed by atoms with Crippen LogP contribution in [0.5, 0.6) is 0 Å². The highest BCUT2D eigenvalue weighted by Crippen LogP contribution is 2.14. The third-order valence-corrected chi connectivity index (χ3v) is 3.97. The zero-order valence-corrected chi connectivity index (χ0v) is 15.1. The molecule has 9 heteroatoms. The molecule has 0 aliphatic rings. The van der Waals surface area contributed by atoms with Gasteiger partial charge in [-0.15, -0.1) is 24.0 Å². The fraction of sp³-hybridized carbons (Fsp3) is 0.364. The van der Waals surface area contributed by atoms with Gasteiger partial charge in [0.2, 0.25) is 10.0 Å². The molecule has 0 bridgehead atoms. The van der Waals surface area contributed by atoms with Crippen molar-refractivity contribution in [3.63, 3.8) is 0 Å². The summed E-state index contributed by atoms with van der Waals surface area (Å²) in [6.45, 7) is 0.669. The van der Waals surface area contributed by atoms with Gasteiger partial charge in [0.05, 0.1) is 4.90 Å². The van der Waals surface area contributed by atoms with Gasteiger partial charge in [-0.05, 0) is 18.2 Å². The average molecular weight is 433 g/mol. The highest BCUT2D eigenvalue weighted by atomic mass is 127. The van der Waals surface area contributed by atoms with Crippen LogP contribution in [0.2, 0.25) is 5.02 Å². The Bertz CT molecular complexity index is 551.